The summed E-state index contributed by atoms with van der Waals surface area (Å²) in [6.07, 6.45) is 11.7. The number of terminal acetylenes is 1. The van der Waals surface area contributed by atoms with Crippen LogP contribution < -0.4 is 5.32 Å². The molecule has 162 valence electrons. The molecular formula is C22H34N2O5. The molecule has 0 bridgehead atoms. The lowest BCUT2D eigenvalue weighted by molar-refractivity contribution is -0.143. The van der Waals surface area contributed by atoms with Crippen LogP contribution in [0.5, 0.6) is 0 Å². The zero-order chi connectivity index (χ0) is 21.9. The first kappa shape index (κ1) is 24.5. The molecule has 1 aliphatic heterocycles. The lowest BCUT2D eigenvalue weighted by Gasteiger charge is -2.25. The van der Waals surface area contributed by atoms with Gasteiger partial charge in [0.1, 0.15) is 11.4 Å². The Morgan fingerprint density at radius 3 is 2.55 bits per heavy atom. The zero-order valence-corrected chi connectivity index (χ0v) is 18.1. The summed E-state index contributed by atoms with van der Waals surface area (Å²) >= 11 is 0. The highest BCUT2D eigenvalue weighted by Crippen LogP contribution is 2.26. The molecule has 29 heavy (non-hydrogen) atoms. The van der Waals surface area contributed by atoms with E-state index in [0.717, 1.165) is 19.3 Å². The zero-order valence-electron chi connectivity index (χ0n) is 18.1. The van der Waals surface area contributed by atoms with E-state index in [1.165, 1.54) is 18.1 Å². The minimum atomic E-state index is -0.534. The van der Waals surface area contributed by atoms with Crippen molar-refractivity contribution in [2.45, 2.75) is 83.8 Å². The van der Waals surface area contributed by atoms with E-state index in [1.807, 2.05) is 20.8 Å². The molecule has 0 saturated carbocycles. The first-order valence-corrected chi connectivity index (χ1v) is 10.2. The van der Waals surface area contributed by atoms with Crippen molar-refractivity contribution in [3.8, 4) is 12.3 Å². The monoisotopic (exact) mass is 406 g/mol. The smallest absolute Gasteiger partial charge is 0.407 e. The molecule has 0 aliphatic carbocycles. The van der Waals surface area contributed by atoms with E-state index < -0.39 is 11.7 Å². The summed E-state index contributed by atoms with van der Waals surface area (Å²) in [6, 6.07) is -0.382. The molecule has 1 atom stereocenters. The van der Waals surface area contributed by atoms with Gasteiger partial charge < -0.3 is 14.8 Å². The molecule has 0 fully saturated rings. The van der Waals surface area contributed by atoms with Gasteiger partial charge in [0.15, 0.2) is 0 Å². The van der Waals surface area contributed by atoms with Crippen LogP contribution in [0, 0.1) is 12.3 Å². The molecule has 0 radical (unpaired) electrons. The molecule has 1 N–H and O–H groups in total. The van der Waals surface area contributed by atoms with Crippen molar-refractivity contribution in [3.05, 3.63) is 11.8 Å². The second kappa shape index (κ2) is 12.2. The summed E-state index contributed by atoms with van der Waals surface area (Å²) in [5, 5.41) is 2.71. The molecule has 0 spiro atoms. The molecule has 0 aromatic rings. The maximum Gasteiger partial charge on any atom is 0.407 e. The number of hydrogen-bond acceptors (Lipinski definition) is 5. The normalized spacial score (nSPS) is 16.2. The molecule has 0 aromatic heterocycles. The van der Waals surface area contributed by atoms with E-state index in [2.05, 4.69) is 11.2 Å². The average Bonchev–Trinajstić information content (AvgIpc) is 2.95. The molecule has 1 aliphatic rings. The highest BCUT2D eigenvalue weighted by Gasteiger charge is 2.37. The second-order valence-electron chi connectivity index (χ2n) is 8.06. The van der Waals surface area contributed by atoms with Gasteiger partial charge in [0.05, 0.1) is 13.2 Å². The van der Waals surface area contributed by atoms with Gasteiger partial charge in [-0.1, -0.05) is 6.42 Å². The van der Waals surface area contributed by atoms with Gasteiger partial charge in [0.25, 0.3) is 5.91 Å². The van der Waals surface area contributed by atoms with Crippen molar-refractivity contribution in [2.24, 2.45) is 0 Å². The minimum absolute atomic E-state index is 0.184. The maximum atomic E-state index is 12.6. The van der Waals surface area contributed by atoms with Crippen LogP contribution in [0.15, 0.2) is 11.8 Å². The van der Waals surface area contributed by atoms with Crippen molar-refractivity contribution in [1.29, 1.82) is 0 Å². The van der Waals surface area contributed by atoms with Crippen molar-refractivity contribution < 1.29 is 23.9 Å². The van der Waals surface area contributed by atoms with E-state index >= 15 is 0 Å². The number of imide groups is 1. The molecule has 7 heteroatoms. The number of rotatable bonds is 11. The first-order chi connectivity index (χ1) is 13.7. The number of amides is 3. The predicted molar refractivity (Wildman–Crippen MR) is 111 cm³/mol. The fourth-order valence-electron chi connectivity index (χ4n) is 3.10. The fourth-order valence-corrected chi connectivity index (χ4v) is 3.10. The first-order valence-electron chi connectivity index (χ1n) is 10.2. The number of methoxy groups -OCH3 is 1. The van der Waals surface area contributed by atoms with Crippen LogP contribution in [0.1, 0.15) is 72.1 Å². The van der Waals surface area contributed by atoms with Gasteiger partial charge in [0, 0.05) is 25.5 Å². The molecule has 0 unspecified atom stereocenters. The number of nitrogens with one attached hydrogen (secondary N) is 1. The topological polar surface area (TPSA) is 84.9 Å². The summed E-state index contributed by atoms with van der Waals surface area (Å²) in [6.45, 7) is 5.89. The van der Waals surface area contributed by atoms with Gasteiger partial charge in [-0.2, -0.15) is 0 Å². The van der Waals surface area contributed by atoms with Gasteiger partial charge in [0.2, 0.25) is 5.91 Å². The average molecular weight is 407 g/mol. The molecule has 3 amide bonds. The van der Waals surface area contributed by atoms with Gasteiger partial charge in [-0.05, 0) is 52.9 Å². The van der Waals surface area contributed by atoms with Crippen LogP contribution in [0.4, 0.5) is 4.79 Å². The molecule has 0 aromatic carbocycles. The minimum Gasteiger partial charge on any atom is -0.499 e. The van der Waals surface area contributed by atoms with E-state index in [4.69, 9.17) is 15.9 Å². The number of carbonyl (C=O) groups excluding carboxylic acids is 3. The number of carbonyl (C=O) groups is 3. The van der Waals surface area contributed by atoms with E-state index in [0.29, 0.717) is 44.4 Å². The number of hydrogen-bond donors (Lipinski definition) is 1. The fraction of sp³-hybridized carbons (Fsp3) is 0.682. The highest BCUT2D eigenvalue weighted by atomic mass is 16.6. The lowest BCUT2D eigenvalue weighted by Crippen LogP contribution is -2.40. The summed E-state index contributed by atoms with van der Waals surface area (Å²) in [4.78, 5) is 37.8. The van der Waals surface area contributed by atoms with Crippen LogP contribution in [-0.2, 0) is 19.1 Å². The lowest BCUT2D eigenvalue weighted by atomic mass is 10.1. The van der Waals surface area contributed by atoms with Gasteiger partial charge in [-0.25, -0.2) is 4.79 Å². The second-order valence-corrected chi connectivity index (χ2v) is 8.06. The third-order valence-electron chi connectivity index (χ3n) is 4.43. The van der Waals surface area contributed by atoms with Crippen molar-refractivity contribution in [3.63, 3.8) is 0 Å². The van der Waals surface area contributed by atoms with Crippen LogP contribution in [0.3, 0.4) is 0 Å². The Bertz CT molecular complexity index is 643. The standard InChI is InChI=1S/C22H34N2O5/c1-6-7-8-9-10-14-19(25)24-17(18(28-5)16-20(24)26)13-11-12-15-23-21(27)29-22(2,3)4/h1,16-17H,7-15H2,2-5H3,(H,23,27)/t17-/m0/s1. The largest absolute Gasteiger partial charge is 0.499 e. The Kier molecular flexibility index (Phi) is 10.3. The maximum absolute atomic E-state index is 12.6. The summed E-state index contributed by atoms with van der Waals surface area (Å²) in [7, 11) is 1.50. The van der Waals surface area contributed by atoms with E-state index in [-0.39, 0.29) is 17.9 Å². The Hall–Kier alpha value is -2.49. The molecule has 0 saturated heterocycles. The number of unbranched alkanes of at least 4 members (excludes halogenated alkanes) is 4. The molecular weight excluding hydrogens is 372 g/mol. The van der Waals surface area contributed by atoms with Crippen molar-refractivity contribution in [2.75, 3.05) is 13.7 Å². The van der Waals surface area contributed by atoms with E-state index in [1.54, 1.807) is 0 Å². The number of alkyl carbamates (subject to hydrolysis) is 1. The Labute approximate surface area is 174 Å². The summed E-state index contributed by atoms with van der Waals surface area (Å²) in [5.74, 6) is 2.58. The number of nitrogens with zero attached hydrogens (tertiary/aromatic N) is 1. The number of ether oxygens (including phenoxy) is 2. The molecule has 1 rings (SSSR count). The van der Waals surface area contributed by atoms with Gasteiger partial charge in [-0.3, -0.25) is 14.5 Å². The SMILES string of the molecule is C#CCCCCCC(=O)N1C(=O)C=C(OC)[C@@H]1CCCCNC(=O)OC(C)(C)C. The van der Waals surface area contributed by atoms with Crippen LogP contribution >= 0.6 is 0 Å². The third kappa shape index (κ3) is 9.03. The highest BCUT2D eigenvalue weighted by molar-refractivity contribution is 6.04. The summed E-state index contributed by atoms with van der Waals surface area (Å²) in [5.41, 5.74) is -0.534. The van der Waals surface area contributed by atoms with Gasteiger partial charge >= 0.3 is 6.09 Å². The Morgan fingerprint density at radius 1 is 1.21 bits per heavy atom. The van der Waals surface area contributed by atoms with Crippen molar-refractivity contribution >= 4 is 17.9 Å². The summed E-state index contributed by atoms with van der Waals surface area (Å²) < 4.78 is 10.5. The Balaban J connectivity index is 2.45. The molecule has 1 heterocycles. The van der Waals surface area contributed by atoms with E-state index in [9.17, 15) is 14.4 Å². The van der Waals surface area contributed by atoms with Crippen LogP contribution in [-0.4, -0.2) is 48.1 Å². The quantitative estimate of drug-likeness (QED) is 0.419. The van der Waals surface area contributed by atoms with Crippen LogP contribution in [0.2, 0.25) is 0 Å². The predicted octanol–water partition coefficient (Wildman–Crippen LogP) is 3.53. The Morgan fingerprint density at radius 2 is 1.93 bits per heavy atom. The van der Waals surface area contributed by atoms with Crippen molar-refractivity contribution in [1.82, 2.24) is 10.2 Å². The van der Waals surface area contributed by atoms with Crippen LogP contribution in [0.25, 0.3) is 0 Å². The molecule has 7 nitrogen and oxygen atoms in total. The third-order valence-corrected chi connectivity index (χ3v) is 4.43. The van der Waals surface area contributed by atoms with Gasteiger partial charge in [-0.15, -0.1) is 12.3 Å².